The molecule has 4 heterocycles. The zero-order chi connectivity index (χ0) is 17.5. The van der Waals surface area contributed by atoms with E-state index in [2.05, 4.69) is 25.3 Å². The Balaban J connectivity index is 1.56. The van der Waals surface area contributed by atoms with Crippen molar-refractivity contribution in [2.24, 2.45) is 0 Å². The summed E-state index contributed by atoms with van der Waals surface area (Å²) in [4.78, 5) is 18.0. The Morgan fingerprint density at radius 1 is 1.08 bits per heavy atom. The normalized spacial score (nSPS) is 17.8. The van der Waals surface area contributed by atoms with Crippen molar-refractivity contribution in [2.75, 3.05) is 25.5 Å². The van der Waals surface area contributed by atoms with Crippen molar-refractivity contribution in [3.05, 3.63) is 42.2 Å². The van der Waals surface area contributed by atoms with Crippen LogP contribution in [-0.2, 0) is 4.74 Å². The van der Waals surface area contributed by atoms with Gasteiger partial charge >= 0.3 is 0 Å². The van der Waals surface area contributed by atoms with Gasteiger partial charge in [-0.15, -0.1) is 0 Å². The van der Waals surface area contributed by atoms with Crippen LogP contribution in [0.4, 0.5) is 6.01 Å². The van der Waals surface area contributed by atoms with Crippen molar-refractivity contribution >= 4 is 28.3 Å². The molecule has 1 atom stereocenters. The van der Waals surface area contributed by atoms with E-state index in [0.717, 1.165) is 35.6 Å². The fourth-order valence-electron chi connectivity index (χ4n) is 3.10. The van der Waals surface area contributed by atoms with Crippen molar-refractivity contribution in [3.8, 4) is 11.3 Å². The Bertz CT molecular complexity index is 1100. The molecule has 3 N–H and O–H groups in total. The van der Waals surface area contributed by atoms with Crippen molar-refractivity contribution in [1.29, 1.82) is 0 Å². The average Bonchev–Trinajstić information content (AvgIpc) is 3.07. The molecule has 1 saturated heterocycles. The van der Waals surface area contributed by atoms with Crippen LogP contribution in [0.25, 0.3) is 33.5 Å². The second-order valence-corrected chi connectivity index (χ2v) is 6.15. The van der Waals surface area contributed by atoms with Crippen LogP contribution in [0.2, 0.25) is 0 Å². The van der Waals surface area contributed by atoms with Crippen LogP contribution in [0.15, 0.2) is 40.9 Å². The van der Waals surface area contributed by atoms with Crippen LogP contribution >= 0.6 is 0 Å². The van der Waals surface area contributed by atoms with Crippen LogP contribution in [0.3, 0.4) is 0 Å². The lowest BCUT2D eigenvalue weighted by Crippen LogP contribution is -2.35. The molecule has 4 aromatic rings. The highest BCUT2D eigenvalue weighted by atomic mass is 16.5. The second-order valence-electron chi connectivity index (χ2n) is 6.15. The summed E-state index contributed by atoms with van der Waals surface area (Å²) in [5, 5.41) is 3.38. The summed E-state index contributed by atoms with van der Waals surface area (Å²) in [5.74, 6) is 0. The predicted octanol–water partition coefficient (Wildman–Crippen LogP) is 2.08. The van der Waals surface area contributed by atoms with E-state index in [4.69, 9.17) is 14.9 Å². The number of nitrogens with one attached hydrogen (secondary N) is 1. The number of ether oxygens (including phenoxy) is 1. The van der Waals surface area contributed by atoms with E-state index < -0.39 is 0 Å². The highest BCUT2D eigenvalue weighted by Gasteiger charge is 2.18. The van der Waals surface area contributed by atoms with Crippen LogP contribution < -0.4 is 11.1 Å². The molecule has 0 radical (unpaired) electrons. The number of nitrogens with two attached hydrogens (primary N) is 1. The molecule has 3 aromatic heterocycles. The third kappa shape index (κ3) is 2.65. The predicted molar refractivity (Wildman–Crippen MR) is 96.3 cm³/mol. The first kappa shape index (κ1) is 15.2. The van der Waals surface area contributed by atoms with E-state index in [0.29, 0.717) is 23.4 Å². The van der Waals surface area contributed by atoms with Gasteiger partial charge in [0.05, 0.1) is 36.8 Å². The van der Waals surface area contributed by atoms with Gasteiger partial charge in [-0.05, 0) is 30.3 Å². The first-order valence-corrected chi connectivity index (χ1v) is 8.37. The summed E-state index contributed by atoms with van der Waals surface area (Å²) in [6.07, 6.45) is 1.78. The van der Waals surface area contributed by atoms with Crippen LogP contribution in [0, 0.1) is 0 Å². The van der Waals surface area contributed by atoms with Crippen molar-refractivity contribution in [3.63, 3.8) is 0 Å². The molecule has 0 saturated carbocycles. The Kier molecular flexibility index (Phi) is 3.51. The standard InChI is InChI=1S/C18H16N6O2/c19-18-24-13-7-10(1-4-16(13)26-18)11-2-3-12-17(22-11)23-14(8-21-12)15-9-25-6-5-20-15/h1-4,7-8,15,20H,5-6,9H2,(H2,19,24). The van der Waals surface area contributed by atoms with Gasteiger partial charge in [0.1, 0.15) is 11.0 Å². The topological polar surface area (TPSA) is 112 Å². The first-order chi connectivity index (χ1) is 12.8. The largest absolute Gasteiger partial charge is 0.424 e. The first-order valence-electron chi connectivity index (χ1n) is 8.37. The van der Waals surface area contributed by atoms with Crippen LogP contribution in [-0.4, -0.2) is 39.7 Å². The molecule has 5 rings (SSSR count). The van der Waals surface area contributed by atoms with Gasteiger partial charge in [0.25, 0.3) is 6.01 Å². The number of hydrogen-bond donors (Lipinski definition) is 2. The van der Waals surface area contributed by atoms with Gasteiger partial charge in [-0.25, -0.2) is 9.97 Å². The van der Waals surface area contributed by atoms with E-state index in [1.165, 1.54) is 0 Å². The minimum Gasteiger partial charge on any atom is -0.424 e. The number of nitrogens with zero attached hydrogens (tertiary/aromatic N) is 4. The smallest absolute Gasteiger partial charge is 0.292 e. The van der Waals surface area contributed by atoms with Gasteiger partial charge in [0.15, 0.2) is 11.2 Å². The molecule has 8 nitrogen and oxygen atoms in total. The Hall–Kier alpha value is -3.10. The monoisotopic (exact) mass is 348 g/mol. The fraction of sp³-hybridized carbons (Fsp3) is 0.222. The van der Waals surface area contributed by atoms with Crippen molar-refractivity contribution < 1.29 is 9.15 Å². The summed E-state index contributed by atoms with van der Waals surface area (Å²) >= 11 is 0. The lowest BCUT2D eigenvalue weighted by molar-refractivity contribution is 0.0756. The molecule has 1 aliphatic heterocycles. The third-order valence-corrected chi connectivity index (χ3v) is 4.40. The van der Waals surface area contributed by atoms with E-state index in [-0.39, 0.29) is 12.1 Å². The minimum atomic E-state index is 0.0422. The van der Waals surface area contributed by atoms with E-state index >= 15 is 0 Å². The van der Waals surface area contributed by atoms with Gasteiger partial charge in [0.2, 0.25) is 0 Å². The molecule has 130 valence electrons. The lowest BCUT2D eigenvalue weighted by atomic mass is 10.1. The zero-order valence-electron chi connectivity index (χ0n) is 13.8. The number of morpholine rings is 1. The Morgan fingerprint density at radius 3 is 2.92 bits per heavy atom. The molecule has 1 fully saturated rings. The van der Waals surface area contributed by atoms with Crippen LogP contribution in [0.5, 0.6) is 0 Å². The number of oxazole rings is 1. The average molecular weight is 348 g/mol. The maximum absolute atomic E-state index is 5.61. The fourth-order valence-corrected chi connectivity index (χ4v) is 3.10. The van der Waals surface area contributed by atoms with Gasteiger partial charge in [-0.2, -0.15) is 4.98 Å². The highest BCUT2D eigenvalue weighted by molar-refractivity contribution is 5.82. The highest BCUT2D eigenvalue weighted by Crippen LogP contribution is 2.25. The zero-order valence-corrected chi connectivity index (χ0v) is 13.8. The van der Waals surface area contributed by atoms with E-state index in [1.54, 1.807) is 6.20 Å². The summed E-state index contributed by atoms with van der Waals surface area (Å²) in [6.45, 7) is 2.11. The third-order valence-electron chi connectivity index (χ3n) is 4.40. The maximum Gasteiger partial charge on any atom is 0.292 e. The summed E-state index contributed by atoms with van der Waals surface area (Å²) in [6, 6.07) is 9.70. The van der Waals surface area contributed by atoms with Gasteiger partial charge in [0, 0.05) is 12.1 Å². The maximum atomic E-state index is 5.61. The number of anilines is 1. The van der Waals surface area contributed by atoms with Crippen LogP contribution in [0.1, 0.15) is 11.7 Å². The Labute approximate surface area is 148 Å². The molecule has 0 bridgehead atoms. The number of aromatic nitrogens is 4. The Morgan fingerprint density at radius 2 is 2.04 bits per heavy atom. The minimum absolute atomic E-state index is 0.0422. The molecule has 0 aliphatic carbocycles. The molecular weight excluding hydrogens is 332 g/mol. The molecule has 8 heteroatoms. The number of rotatable bonds is 2. The van der Waals surface area contributed by atoms with Crippen molar-refractivity contribution in [2.45, 2.75) is 6.04 Å². The van der Waals surface area contributed by atoms with Gasteiger partial charge in [-0.3, -0.25) is 4.98 Å². The number of benzene rings is 1. The van der Waals surface area contributed by atoms with Gasteiger partial charge in [-0.1, -0.05) is 0 Å². The molecule has 0 spiro atoms. The molecule has 0 amide bonds. The quantitative estimate of drug-likeness (QED) is 0.566. The number of pyridine rings is 1. The van der Waals surface area contributed by atoms with E-state index in [1.807, 2.05) is 30.3 Å². The summed E-state index contributed by atoms with van der Waals surface area (Å²) in [5.41, 5.74) is 10.9. The number of nitrogen functional groups attached to an aromatic ring is 1. The lowest BCUT2D eigenvalue weighted by Gasteiger charge is -2.23. The molecule has 1 aromatic carbocycles. The molecule has 1 aliphatic rings. The number of fused-ring (bicyclic) bond motifs is 2. The summed E-state index contributed by atoms with van der Waals surface area (Å²) < 4.78 is 10.8. The summed E-state index contributed by atoms with van der Waals surface area (Å²) in [7, 11) is 0. The number of hydrogen-bond acceptors (Lipinski definition) is 8. The SMILES string of the molecule is Nc1nc2cc(-c3ccc4ncc(C5COCCN5)nc4n3)ccc2o1. The molecule has 26 heavy (non-hydrogen) atoms. The second kappa shape index (κ2) is 6.01. The molecule has 1 unspecified atom stereocenters. The van der Waals surface area contributed by atoms with E-state index in [9.17, 15) is 0 Å². The molecular formula is C18H16N6O2. The van der Waals surface area contributed by atoms with Gasteiger partial charge < -0.3 is 20.2 Å². The van der Waals surface area contributed by atoms with Crippen molar-refractivity contribution in [1.82, 2.24) is 25.3 Å².